The van der Waals surface area contributed by atoms with Gasteiger partial charge in [0.2, 0.25) is 0 Å². The average molecular weight is 148 g/mol. The molecule has 0 bridgehead atoms. The minimum atomic E-state index is -1.09. The minimum Gasteiger partial charge on any atom is -0.393 e. The molecule has 0 aromatic rings. The summed E-state index contributed by atoms with van der Waals surface area (Å²) in [5.41, 5.74) is 0. The van der Waals surface area contributed by atoms with Gasteiger partial charge in [-0.1, -0.05) is 0 Å². The van der Waals surface area contributed by atoms with Crippen LogP contribution in [-0.4, -0.2) is 44.8 Å². The lowest BCUT2D eigenvalue weighted by molar-refractivity contribution is -0.116. The molecule has 0 aromatic carbocycles. The molecule has 1 rings (SSSR count). The van der Waals surface area contributed by atoms with Crippen molar-refractivity contribution in [3.8, 4) is 0 Å². The maximum absolute atomic E-state index is 8.95. The predicted octanol–water partition coefficient (Wildman–Crippen LogP) is -1.78. The molecule has 0 radical (unpaired) electrons. The van der Waals surface area contributed by atoms with Crippen LogP contribution in [0.15, 0.2) is 0 Å². The van der Waals surface area contributed by atoms with Crippen LogP contribution in [-0.2, 0) is 0 Å². The summed E-state index contributed by atoms with van der Waals surface area (Å²) in [5, 5.41) is 35.8. The van der Waals surface area contributed by atoms with Crippen molar-refractivity contribution in [2.24, 2.45) is 0 Å². The monoisotopic (exact) mass is 148 g/mol. The van der Waals surface area contributed by atoms with Gasteiger partial charge in [0.1, 0.15) is 6.10 Å². The van der Waals surface area contributed by atoms with E-state index in [1.807, 2.05) is 0 Å². The smallest absolute Gasteiger partial charge is 0.106 e. The van der Waals surface area contributed by atoms with E-state index in [0.717, 1.165) is 0 Å². The molecule has 3 unspecified atom stereocenters. The molecule has 1 aliphatic rings. The number of rotatable bonds is 0. The highest BCUT2D eigenvalue weighted by molar-refractivity contribution is 4.85. The molecular weight excluding hydrogens is 136 g/mol. The highest BCUT2D eigenvalue weighted by Gasteiger charge is 2.33. The summed E-state index contributed by atoms with van der Waals surface area (Å²) in [4.78, 5) is 0. The molecule has 0 amide bonds. The van der Waals surface area contributed by atoms with E-state index in [2.05, 4.69) is 0 Å². The van der Waals surface area contributed by atoms with E-state index in [0.29, 0.717) is 0 Å². The minimum absolute atomic E-state index is 0.151. The van der Waals surface area contributed by atoms with E-state index in [9.17, 15) is 0 Å². The van der Waals surface area contributed by atoms with Gasteiger partial charge in [-0.3, -0.25) is 0 Å². The topological polar surface area (TPSA) is 80.9 Å². The first-order valence-corrected chi connectivity index (χ1v) is 3.33. The van der Waals surface area contributed by atoms with Crippen LogP contribution in [0.25, 0.3) is 0 Å². The summed E-state index contributed by atoms with van der Waals surface area (Å²) in [6, 6.07) is 0. The number of aliphatic hydroxyl groups is 4. The van der Waals surface area contributed by atoms with Gasteiger partial charge in [-0.2, -0.15) is 0 Å². The highest BCUT2D eigenvalue weighted by atomic mass is 16.4. The zero-order chi connectivity index (χ0) is 7.72. The molecule has 0 heterocycles. The van der Waals surface area contributed by atoms with Crippen molar-refractivity contribution in [3.63, 3.8) is 0 Å². The lowest BCUT2D eigenvalue weighted by Gasteiger charge is -2.31. The van der Waals surface area contributed by atoms with Crippen LogP contribution in [0, 0.1) is 0 Å². The summed E-state index contributed by atoms with van der Waals surface area (Å²) in [5.74, 6) is 0. The van der Waals surface area contributed by atoms with Gasteiger partial charge in [-0.25, -0.2) is 0 Å². The van der Waals surface area contributed by atoms with E-state index >= 15 is 0 Å². The molecule has 0 aliphatic heterocycles. The molecule has 0 saturated heterocycles. The Morgan fingerprint density at radius 2 is 1.20 bits per heavy atom. The Morgan fingerprint density at radius 3 is 1.60 bits per heavy atom. The van der Waals surface area contributed by atoms with E-state index in [1.54, 1.807) is 0 Å². The Hall–Kier alpha value is -0.160. The molecule has 1 fully saturated rings. The summed E-state index contributed by atoms with van der Waals surface area (Å²) in [6.45, 7) is 0. The van der Waals surface area contributed by atoms with Crippen molar-refractivity contribution < 1.29 is 20.4 Å². The summed E-state index contributed by atoms with van der Waals surface area (Å²) < 4.78 is 0. The van der Waals surface area contributed by atoms with Gasteiger partial charge >= 0.3 is 0 Å². The quantitative estimate of drug-likeness (QED) is 0.327. The zero-order valence-electron chi connectivity index (χ0n) is 5.51. The summed E-state index contributed by atoms with van der Waals surface area (Å²) >= 11 is 0. The zero-order valence-corrected chi connectivity index (χ0v) is 5.51. The second kappa shape index (κ2) is 2.84. The maximum Gasteiger partial charge on any atom is 0.106 e. The molecule has 10 heavy (non-hydrogen) atoms. The second-order valence-corrected chi connectivity index (χ2v) is 2.75. The van der Waals surface area contributed by atoms with Gasteiger partial charge in [0, 0.05) is 12.8 Å². The van der Waals surface area contributed by atoms with Crippen LogP contribution in [0.3, 0.4) is 0 Å². The van der Waals surface area contributed by atoms with Crippen LogP contribution in [0.1, 0.15) is 12.8 Å². The lowest BCUT2D eigenvalue weighted by Crippen LogP contribution is -2.46. The average Bonchev–Trinajstić information content (AvgIpc) is 1.82. The third-order valence-electron chi connectivity index (χ3n) is 1.82. The largest absolute Gasteiger partial charge is 0.393 e. The molecule has 4 heteroatoms. The van der Waals surface area contributed by atoms with Crippen LogP contribution in [0.2, 0.25) is 0 Å². The predicted molar refractivity (Wildman–Crippen MR) is 33.3 cm³/mol. The van der Waals surface area contributed by atoms with Gasteiger partial charge in [0.05, 0.1) is 18.3 Å². The molecule has 1 aliphatic carbocycles. The van der Waals surface area contributed by atoms with Gasteiger partial charge in [-0.15, -0.1) is 0 Å². The number of hydrogen-bond donors (Lipinski definition) is 4. The van der Waals surface area contributed by atoms with Crippen molar-refractivity contribution in [2.75, 3.05) is 0 Å². The first-order chi connectivity index (χ1) is 4.61. The normalized spacial score (nSPS) is 49.2. The van der Waals surface area contributed by atoms with Gasteiger partial charge in [0.15, 0.2) is 0 Å². The Balaban J connectivity index is 2.49. The molecule has 1 saturated carbocycles. The third kappa shape index (κ3) is 1.46. The van der Waals surface area contributed by atoms with Crippen molar-refractivity contribution in [1.82, 2.24) is 0 Å². The Kier molecular flexibility index (Phi) is 2.25. The standard InChI is InChI=1S/C6H12O4/c7-3-1-4(8)6(10)5(9)2-3/h3-10H,1-2H2/t3?,4-,5?,6?/m1/s1. The van der Waals surface area contributed by atoms with Crippen LogP contribution < -0.4 is 0 Å². The maximum atomic E-state index is 8.95. The molecule has 4 nitrogen and oxygen atoms in total. The van der Waals surface area contributed by atoms with Crippen LogP contribution in [0.5, 0.6) is 0 Å². The second-order valence-electron chi connectivity index (χ2n) is 2.75. The molecule has 4 atom stereocenters. The SMILES string of the molecule is OC1CC(O)C(O)[C@H](O)C1. The van der Waals surface area contributed by atoms with Crippen molar-refractivity contribution in [2.45, 2.75) is 37.3 Å². The molecular formula is C6H12O4. The Morgan fingerprint density at radius 1 is 0.800 bits per heavy atom. The molecule has 4 N–H and O–H groups in total. The van der Waals surface area contributed by atoms with E-state index in [1.165, 1.54) is 0 Å². The van der Waals surface area contributed by atoms with Crippen molar-refractivity contribution in [1.29, 1.82) is 0 Å². The molecule has 0 spiro atoms. The van der Waals surface area contributed by atoms with Gasteiger partial charge < -0.3 is 20.4 Å². The number of hydrogen-bond acceptors (Lipinski definition) is 4. The van der Waals surface area contributed by atoms with Crippen LogP contribution in [0.4, 0.5) is 0 Å². The lowest BCUT2D eigenvalue weighted by atomic mass is 9.90. The molecule has 60 valence electrons. The van der Waals surface area contributed by atoms with E-state index in [-0.39, 0.29) is 12.8 Å². The van der Waals surface area contributed by atoms with E-state index in [4.69, 9.17) is 20.4 Å². The summed E-state index contributed by atoms with van der Waals surface area (Å²) in [6.07, 6.45) is -3.45. The molecule has 0 aromatic heterocycles. The van der Waals surface area contributed by atoms with E-state index < -0.39 is 24.4 Å². The third-order valence-corrected chi connectivity index (χ3v) is 1.82. The van der Waals surface area contributed by atoms with Crippen LogP contribution >= 0.6 is 0 Å². The first-order valence-electron chi connectivity index (χ1n) is 3.33. The van der Waals surface area contributed by atoms with Gasteiger partial charge in [0.25, 0.3) is 0 Å². The highest BCUT2D eigenvalue weighted by Crippen LogP contribution is 2.19. The Labute approximate surface area is 58.7 Å². The first kappa shape index (κ1) is 7.94. The van der Waals surface area contributed by atoms with Crippen molar-refractivity contribution >= 4 is 0 Å². The fraction of sp³-hybridized carbons (Fsp3) is 1.00. The van der Waals surface area contributed by atoms with Crippen molar-refractivity contribution in [3.05, 3.63) is 0 Å². The number of aliphatic hydroxyl groups excluding tert-OH is 4. The Bertz CT molecular complexity index is 104. The summed E-state index contributed by atoms with van der Waals surface area (Å²) in [7, 11) is 0. The fourth-order valence-electron chi connectivity index (χ4n) is 1.19. The fourth-order valence-corrected chi connectivity index (χ4v) is 1.19. The van der Waals surface area contributed by atoms with Gasteiger partial charge in [-0.05, 0) is 0 Å².